The van der Waals surface area contributed by atoms with Crippen LogP contribution in [0.2, 0.25) is 0 Å². The molecular formula is C16H16F3N3O3. The minimum absolute atomic E-state index is 0.172. The van der Waals surface area contributed by atoms with Crippen LogP contribution in [-0.2, 0) is 23.1 Å². The number of aromatic nitrogens is 2. The molecule has 0 bridgehead atoms. The molecule has 1 unspecified atom stereocenters. The van der Waals surface area contributed by atoms with E-state index in [1.807, 2.05) is 12.1 Å². The van der Waals surface area contributed by atoms with Crippen LogP contribution in [0.4, 0.5) is 13.2 Å². The smallest absolute Gasteiger partial charge is 0.406 e. The molecule has 0 aliphatic carbocycles. The lowest BCUT2D eigenvalue weighted by molar-refractivity contribution is -0.227. The number of carboxylic acid groups (broad SMARTS) is 1. The number of para-hydroxylation sites is 1. The summed E-state index contributed by atoms with van der Waals surface area (Å²) >= 11 is 0. The fraction of sp³-hybridized carbons (Fsp3) is 0.438. The number of halogens is 3. The predicted molar refractivity (Wildman–Crippen MR) is 81.7 cm³/mol. The number of carbonyl (C=O) groups is 2. The second-order valence-electron chi connectivity index (χ2n) is 6.21. The molecule has 134 valence electrons. The fourth-order valence-corrected chi connectivity index (χ4v) is 3.22. The minimum atomic E-state index is -4.91. The van der Waals surface area contributed by atoms with Gasteiger partial charge >= 0.3 is 12.1 Å². The van der Waals surface area contributed by atoms with Gasteiger partial charge in [-0.05, 0) is 12.5 Å². The number of rotatable bonds is 3. The van der Waals surface area contributed by atoms with Crippen molar-refractivity contribution in [1.82, 2.24) is 14.7 Å². The number of hydrogen-bond donors (Lipinski definition) is 1. The van der Waals surface area contributed by atoms with Gasteiger partial charge in [-0.15, -0.1) is 0 Å². The summed E-state index contributed by atoms with van der Waals surface area (Å²) in [4.78, 5) is 24.6. The lowest BCUT2D eigenvalue weighted by atomic mass is 9.86. The van der Waals surface area contributed by atoms with E-state index in [2.05, 4.69) is 5.10 Å². The number of aryl methyl sites for hydroxylation is 1. The molecule has 1 aliphatic rings. The van der Waals surface area contributed by atoms with Gasteiger partial charge in [0.15, 0.2) is 5.41 Å². The first-order valence-electron chi connectivity index (χ1n) is 7.64. The highest BCUT2D eigenvalue weighted by atomic mass is 19.4. The number of carboxylic acids is 1. The van der Waals surface area contributed by atoms with E-state index in [-0.39, 0.29) is 13.0 Å². The summed E-state index contributed by atoms with van der Waals surface area (Å²) in [5.41, 5.74) is -1.63. The van der Waals surface area contributed by atoms with Crippen molar-refractivity contribution in [1.29, 1.82) is 0 Å². The average Bonchev–Trinajstić information content (AvgIpc) is 3.11. The number of benzene rings is 1. The lowest BCUT2D eigenvalue weighted by Crippen LogP contribution is -2.47. The zero-order valence-corrected chi connectivity index (χ0v) is 13.4. The molecule has 1 fully saturated rings. The summed E-state index contributed by atoms with van der Waals surface area (Å²) in [6, 6.07) is 7.21. The van der Waals surface area contributed by atoms with E-state index in [0.29, 0.717) is 5.69 Å². The first kappa shape index (κ1) is 17.2. The van der Waals surface area contributed by atoms with E-state index < -0.39 is 36.4 Å². The van der Waals surface area contributed by atoms with Crippen molar-refractivity contribution in [3.8, 4) is 0 Å². The van der Waals surface area contributed by atoms with Gasteiger partial charge in [-0.3, -0.25) is 14.3 Å². The van der Waals surface area contributed by atoms with Crippen LogP contribution in [0.1, 0.15) is 12.1 Å². The third-order valence-corrected chi connectivity index (χ3v) is 4.73. The molecule has 1 aromatic carbocycles. The van der Waals surface area contributed by atoms with Crippen LogP contribution in [0.15, 0.2) is 24.3 Å². The van der Waals surface area contributed by atoms with Crippen LogP contribution < -0.4 is 0 Å². The molecule has 2 heterocycles. The molecule has 1 amide bonds. The molecule has 1 saturated heterocycles. The van der Waals surface area contributed by atoms with Gasteiger partial charge in [0, 0.05) is 25.5 Å². The lowest BCUT2D eigenvalue weighted by Gasteiger charge is -2.27. The van der Waals surface area contributed by atoms with E-state index in [1.165, 1.54) is 0 Å². The Kier molecular flexibility index (Phi) is 3.97. The summed E-state index contributed by atoms with van der Waals surface area (Å²) in [7, 11) is 1.71. The number of alkyl halides is 3. The summed E-state index contributed by atoms with van der Waals surface area (Å²) in [5, 5.41) is 14.1. The monoisotopic (exact) mass is 355 g/mol. The van der Waals surface area contributed by atoms with Gasteiger partial charge < -0.3 is 10.0 Å². The Hall–Kier alpha value is -2.58. The molecule has 1 N–H and O–H groups in total. The topological polar surface area (TPSA) is 75.4 Å². The number of likely N-dealkylation sites (tertiary alicyclic amines) is 1. The second kappa shape index (κ2) is 5.75. The van der Waals surface area contributed by atoms with Crippen LogP contribution in [0, 0.1) is 5.41 Å². The standard InChI is InChI=1S/C16H16F3N3O3/c1-21-12-5-3-2-4-10(12)11(20-21)8-13(23)22-7-6-15(9-22,14(24)25)16(17,18)19/h2-5H,6-9H2,1H3,(H,24,25). The molecule has 2 aromatic rings. The predicted octanol–water partition coefficient (Wildman–Crippen LogP) is 1.98. The maximum atomic E-state index is 13.2. The van der Waals surface area contributed by atoms with Crippen LogP contribution in [-0.4, -0.2) is 50.9 Å². The van der Waals surface area contributed by atoms with Crippen LogP contribution in [0.5, 0.6) is 0 Å². The number of nitrogens with zero attached hydrogens (tertiary/aromatic N) is 3. The average molecular weight is 355 g/mol. The highest BCUT2D eigenvalue weighted by Crippen LogP contribution is 2.45. The van der Waals surface area contributed by atoms with E-state index in [0.717, 1.165) is 15.8 Å². The molecule has 0 saturated carbocycles. The number of amides is 1. The summed E-state index contributed by atoms with van der Waals surface area (Å²) in [6.45, 7) is -1.11. The summed E-state index contributed by atoms with van der Waals surface area (Å²) in [6.07, 6.45) is -5.72. The Morgan fingerprint density at radius 3 is 2.60 bits per heavy atom. The van der Waals surface area contributed by atoms with E-state index in [1.54, 1.807) is 23.9 Å². The van der Waals surface area contributed by atoms with Crippen molar-refractivity contribution in [2.45, 2.75) is 19.0 Å². The first-order chi connectivity index (χ1) is 11.7. The quantitative estimate of drug-likeness (QED) is 0.914. The molecule has 6 nitrogen and oxygen atoms in total. The van der Waals surface area contributed by atoms with Crippen molar-refractivity contribution in [3.63, 3.8) is 0 Å². The molecule has 1 aliphatic heterocycles. The van der Waals surface area contributed by atoms with Gasteiger partial charge in [-0.2, -0.15) is 18.3 Å². The molecule has 0 spiro atoms. The molecular weight excluding hydrogens is 339 g/mol. The summed E-state index contributed by atoms with van der Waals surface area (Å²) < 4.78 is 41.2. The SMILES string of the molecule is Cn1nc(CC(=O)N2CCC(C(=O)O)(C(F)(F)F)C2)c2ccccc21. The van der Waals surface area contributed by atoms with Crippen molar-refractivity contribution in [3.05, 3.63) is 30.0 Å². The van der Waals surface area contributed by atoms with Crippen molar-refractivity contribution >= 4 is 22.8 Å². The minimum Gasteiger partial charge on any atom is -0.481 e. The second-order valence-corrected chi connectivity index (χ2v) is 6.21. The van der Waals surface area contributed by atoms with Crippen LogP contribution >= 0.6 is 0 Å². The van der Waals surface area contributed by atoms with Gasteiger partial charge in [0.1, 0.15) is 0 Å². The Labute approximate surface area is 140 Å². The number of carbonyl (C=O) groups excluding carboxylic acids is 1. The molecule has 3 rings (SSSR count). The third kappa shape index (κ3) is 2.73. The Balaban J connectivity index is 1.82. The number of hydrogen-bond acceptors (Lipinski definition) is 3. The van der Waals surface area contributed by atoms with Crippen LogP contribution in [0.25, 0.3) is 10.9 Å². The van der Waals surface area contributed by atoms with Gasteiger partial charge in [-0.25, -0.2) is 0 Å². The molecule has 25 heavy (non-hydrogen) atoms. The van der Waals surface area contributed by atoms with E-state index in [4.69, 9.17) is 5.11 Å². The zero-order chi connectivity index (χ0) is 18.4. The normalized spacial score (nSPS) is 21.0. The van der Waals surface area contributed by atoms with Gasteiger partial charge in [-0.1, -0.05) is 18.2 Å². The Morgan fingerprint density at radius 1 is 1.32 bits per heavy atom. The largest absolute Gasteiger partial charge is 0.481 e. The number of fused-ring (bicyclic) bond motifs is 1. The first-order valence-corrected chi connectivity index (χ1v) is 7.64. The third-order valence-electron chi connectivity index (χ3n) is 4.73. The molecule has 1 aromatic heterocycles. The van der Waals surface area contributed by atoms with Crippen molar-refractivity contribution in [2.75, 3.05) is 13.1 Å². The van der Waals surface area contributed by atoms with Crippen molar-refractivity contribution < 1.29 is 27.9 Å². The van der Waals surface area contributed by atoms with Crippen molar-refractivity contribution in [2.24, 2.45) is 12.5 Å². The zero-order valence-electron chi connectivity index (χ0n) is 13.4. The van der Waals surface area contributed by atoms with E-state index >= 15 is 0 Å². The fourth-order valence-electron chi connectivity index (χ4n) is 3.22. The van der Waals surface area contributed by atoms with E-state index in [9.17, 15) is 22.8 Å². The highest BCUT2D eigenvalue weighted by molar-refractivity contribution is 5.88. The Bertz CT molecular complexity index is 846. The molecule has 9 heteroatoms. The molecule has 0 radical (unpaired) electrons. The maximum Gasteiger partial charge on any atom is 0.406 e. The Morgan fingerprint density at radius 2 is 2.00 bits per heavy atom. The number of aliphatic carboxylic acids is 1. The van der Waals surface area contributed by atoms with Gasteiger partial charge in [0.2, 0.25) is 5.91 Å². The maximum absolute atomic E-state index is 13.2. The van der Waals surface area contributed by atoms with Crippen LogP contribution in [0.3, 0.4) is 0 Å². The molecule has 1 atom stereocenters. The summed E-state index contributed by atoms with van der Waals surface area (Å²) in [5.74, 6) is -2.50. The van der Waals surface area contributed by atoms with Gasteiger partial charge in [0.05, 0.1) is 17.6 Å². The highest BCUT2D eigenvalue weighted by Gasteiger charge is 2.64. The van der Waals surface area contributed by atoms with Gasteiger partial charge in [0.25, 0.3) is 0 Å².